The molecule has 0 bridgehead atoms. The molecule has 4 heteroatoms. The van der Waals surface area contributed by atoms with Gasteiger partial charge in [-0.1, -0.05) is 0 Å². The van der Waals surface area contributed by atoms with Gasteiger partial charge in [0.05, 0.1) is 5.60 Å². The second-order valence-electron chi connectivity index (χ2n) is 3.14. The SMILES string of the molecule is C[C@@](O)(CN)c1cc(F)cc(F)c1. The van der Waals surface area contributed by atoms with E-state index in [1.165, 1.54) is 6.92 Å². The van der Waals surface area contributed by atoms with Gasteiger partial charge in [0.2, 0.25) is 0 Å². The molecule has 0 aliphatic carbocycles. The first-order chi connectivity index (χ1) is 5.95. The Bertz CT molecular complexity index is 292. The normalized spacial score (nSPS) is 15.5. The van der Waals surface area contributed by atoms with Gasteiger partial charge in [-0.05, 0) is 24.6 Å². The number of hydrogen-bond acceptors (Lipinski definition) is 2. The second-order valence-corrected chi connectivity index (χ2v) is 3.14. The van der Waals surface area contributed by atoms with Crippen molar-refractivity contribution in [1.82, 2.24) is 0 Å². The number of benzene rings is 1. The Morgan fingerprint density at radius 3 is 2.15 bits per heavy atom. The van der Waals surface area contributed by atoms with E-state index in [0.717, 1.165) is 18.2 Å². The van der Waals surface area contributed by atoms with Crippen LogP contribution in [0.15, 0.2) is 18.2 Å². The van der Waals surface area contributed by atoms with Crippen molar-refractivity contribution in [3.05, 3.63) is 35.4 Å². The lowest BCUT2D eigenvalue weighted by Crippen LogP contribution is -2.31. The van der Waals surface area contributed by atoms with Crippen LogP contribution in [0.1, 0.15) is 12.5 Å². The van der Waals surface area contributed by atoms with Crippen LogP contribution in [-0.4, -0.2) is 11.7 Å². The molecule has 0 heterocycles. The molecular formula is C9H11F2NO. The lowest BCUT2D eigenvalue weighted by Gasteiger charge is -2.21. The van der Waals surface area contributed by atoms with Gasteiger partial charge in [-0.3, -0.25) is 0 Å². The first-order valence-electron chi connectivity index (χ1n) is 3.85. The fourth-order valence-corrected chi connectivity index (χ4v) is 0.983. The van der Waals surface area contributed by atoms with E-state index < -0.39 is 17.2 Å². The third-order valence-electron chi connectivity index (χ3n) is 1.88. The minimum absolute atomic E-state index is 0.0874. The summed E-state index contributed by atoms with van der Waals surface area (Å²) in [5.74, 6) is -1.44. The summed E-state index contributed by atoms with van der Waals surface area (Å²) < 4.78 is 25.4. The summed E-state index contributed by atoms with van der Waals surface area (Å²) in [6.45, 7) is 1.32. The molecule has 0 aliphatic heterocycles. The van der Waals surface area contributed by atoms with E-state index in [1.807, 2.05) is 0 Å². The molecule has 1 aromatic rings. The van der Waals surface area contributed by atoms with Gasteiger partial charge in [-0.25, -0.2) is 8.78 Å². The number of aliphatic hydroxyl groups is 1. The number of hydrogen-bond donors (Lipinski definition) is 2. The summed E-state index contributed by atoms with van der Waals surface area (Å²) in [6, 6.07) is 2.88. The molecule has 0 radical (unpaired) electrons. The van der Waals surface area contributed by atoms with Crippen molar-refractivity contribution < 1.29 is 13.9 Å². The molecule has 0 saturated carbocycles. The number of halogens is 2. The molecule has 1 aromatic carbocycles. The molecule has 72 valence electrons. The first-order valence-corrected chi connectivity index (χ1v) is 3.85. The molecule has 1 rings (SSSR count). The van der Waals surface area contributed by atoms with Crippen molar-refractivity contribution >= 4 is 0 Å². The maximum Gasteiger partial charge on any atom is 0.126 e. The van der Waals surface area contributed by atoms with E-state index in [-0.39, 0.29) is 12.1 Å². The fourth-order valence-electron chi connectivity index (χ4n) is 0.983. The van der Waals surface area contributed by atoms with Gasteiger partial charge in [0.1, 0.15) is 11.6 Å². The van der Waals surface area contributed by atoms with Crippen LogP contribution in [0.4, 0.5) is 8.78 Å². The fraction of sp³-hybridized carbons (Fsp3) is 0.333. The minimum atomic E-state index is -1.39. The zero-order chi connectivity index (χ0) is 10.1. The van der Waals surface area contributed by atoms with Crippen molar-refractivity contribution in [3.63, 3.8) is 0 Å². The largest absolute Gasteiger partial charge is 0.384 e. The molecule has 3 N–H and O–H groups in total. The van der Waals surface area contributed by atoms with E-state index in [9.17, 15) is 13.9 Å². The molecule has 0 aliphatic rings. The van der Waals surface area contributed by atoms with Crippen LogP contribution in [0, 0.1) is 11.6 Å². The second kappa shape index (κ2) is 3.40. The van der Waals surface area contributed by atoms with Crippen LogP contribution in [0.25, 0.3) is 0 Å². The molecule has 2 nitrogen and oxygen atoms in total. The van der Waals surface area contributed by atoms with Crippen molar-refractivity contribution in [2.45, 2.75) is 12.5 Å². The Balaban J connectivity index is 3.15. The summed E-state index contributed by atoms with van der Waals surface area (Å²) in [5.41, 5.74) is 4.00. The van der Waals surface area contributed by atoms with Crippen molar-refractivity contribution in [3.8, 4) is 0 Å². The maximum absolute atomic E-state index is 12.7. The smallest absolute Gasteiger partial charge is 0.126 e. The van der Waals surface area contributed by atoms with Gasteiger partial charge < -0.3 is 10.8 Å². The molecule has 0 aromatic heterocycles. The third kappa shape index (κ3) is 2.23. The van der Waals surface area contributed by atoms with E-state index in [0.29, 0.717) is 0 Å². The maximum atomic E-state index is 12.7. The highest BCUT2D eigenvalue weighted by Crippen LogP contribution is 2.20. The molecule has 0 saturated heterocycles. The monoisotopic (exact) mass is 187 g/mol. The quantitative estimate of drug-likeness (QED) is 0.729. The van der Waals surface area contributed by atoms with Crippen LogP contribution in [0.3, 0.4) is 0 Å². The molecule has 0 amide bonds. The topological polar surface area (TPSA) is 46.2 Å². The van der Waals surface area contributed by atoms with Gasteiger partial charge in [0.25, 0.3) is 0 Å². The standard InChI is InChI=1S/C9H11F2NO/c1-9(13,5-12)6-2-7(10)4-8(11)3-6/h2-4,13H,5,12H2,1H3/t9-/m1/s1. The van der Waals surface area contributed by atoms with Crippen LogP contribution in [-0.2, 0) is 5.60 Å². The molecule has 13 heavy (non-hydrogen) atoms. The average molecular weight is 187 g/mol. The minimum Gasteiger partial charge on any atom is -0.384 e. The summed E-state index contributed by atoms with van der Waals surface area (Å²) in [6.07, 6.45) is 0. The first kappa shape index (κ1) is 10.1. The molecule has 1 atom stereocenters. The summed E-state index contributed by atoms with van der Waals surface area (Å²) in [7, 11) is 0. The average Bonchev–Trinajstić information content (AvgIpc) is 2.02. The van der Waals surface area contributed by atoms with Gasteiger partial charge in [0, 0.05) is 12.6 Å². The highest BCUT2D eigenvalue weighted by Gasteiger charge is 2.22. The highest BCUT2D eigenvalue weighted by molar-refractivity contribution is 5.23. The highest BCUT2D eigenvalue weighted by atomic mass is 19.1. The summed E-state index contributed by atoms with van der Waals surface area (Å²) in [4.78, 5) is 0. The molecule has 0 fully saturated rings. The predicted molar refractivity (Wildman–Crippen MR) is 45.0 cm³/mol. The lowest BCUT2D eigenvalue weighted by atomic mass is 9.96. The van der Waals surface area contributed by atoms with Gasteiger partial charge >= 0.3 is 0 Å². The van der Waals surface area contributed by atoms with E-state index in [4.69, 9.17) is 5.73 Å². The Labute approximate surface area is 75.0 Å². The Kier molecular flexibility index (Phi) is 2.63. The van der Waals surface area contributed by atoms with Crippen molar-refractivity contribution in [2.24, 2.45) is 5.73 Å². The van der Waals surface area contributed by atoms with Crippen LogP contribution < -0.4 is 5.73 Å². The van der Waals surface area contributed by atoms with Crippen LogP contribution in [0.5, 0.6) is 0 Å². The summed E-state index contributed by atoms with van der Waals surface area (Å²) >= 11 is 0. The zero-order valence-corrected chi connectivity index (χ0v) is 7.22. The Morgan fingerprint density at radius 2 is 1.77 bits per heavy atom. The van der Waals surface area contributed by atoms with Crippen LogP contribution in [0.2, 0.25) is 0 Å². The van der Waals surface area contributed by atoms with Gasteiger partial charge in [-0.15, -0.1) is 0 Å². The van der Waals surface area contributed by atoms with Crippen LogP contribution >= 0.6 is 0 Å². The van der Waals surface area contributed by atoms with E-state index in [1.54, 1.807) is 0 Å². The Hall–Kier alpha value is -1.00. The third-order valence-corrected chi connectivity index (χ3v) is 1.88. The molecule has 0 unspecified atom stereocenters. The van der Waals surface area contributed by atoms with E-state index in [2.05, 4.69) is 0 Å². The zero-order valence-electron chi connectivity index (χ0n) is 7.22. The summed E-state index contributed by atoms with van der Waals surface area (Å²) in [5, 5.41) is 9.59. The molecule has 0 spiro atoms. The number of rotatable bonds is 2. The van der Waals surface area contributed by atoms with Crippen molar-refractivity contribution in [1.29, 1.82) is 0 Å². The number of nitrogens with two attached hydrogens (primary N) is 1. The van der Waals surface area contributed by atoms with Gasteiger partial charge in [-0.2, -0.15) is 0 Å². The van der Waals surface area contributed by atoms with Crippen molar-refractivity contribution in [2.75, 3.05) is 6.54 Å². The Morgan fingerprint density at radius 1 is 1.31 bits per heavy atom. The molecular weight excluding hydrogens is 176 g/mol. The predicted octanol–water partition coefficient (Wildman–Crippen LogP) is 1.13. The lowest BCUT2D eigenvalue weighted by molar-refractivity contribution is 0.0661. The van der Waals surface area contributed by atoms with Gasteiger partial charge in [0.15, 0.2) is 0 Å². The van der Waals surface area contributed by atoms with E-state index >= 15 is 0 Å².